The molecule has 6 aliphatic rings. The lowest BCUT2D eigenvalue weighted by Gasteiger charge is -2.41. The SMILES string of the molecule is CCCC(=O)O[C@H]1[C@H](O)[C@@H](C)OC(Oc2c3c(c(-c4ccc5c(c4)OCO5)c4cc(CO)c(CO)cc24)C(=O)OC3)[C@@H]1O.C[C@H]1OC(Oc2c3c(c(-c4ccc5c(c4)OCO5)c4cc(CO)c(CO)cc24)C(=O)OC3)[C@H](O)[C@@H](OC(=O)c2cc([N+](=O)[O-])cc([N+](=O)[O-])c2)[C@@H]1O. The largest absolute Gasteiger partial charge is 0.461 e. The van der Waals surface area contributed by atoms with Gasteiger partial charge in [0.15, 0.2) is 47.4 Å². The van der Waals surface area contributed by atoms with Crippen molar-refractivity contribution in [2.45, 2.75) is 135 Å². The Morgan fingerprint density at radius 1 is 0.516 bits per heavy atom. The van der Waals surface area contributed by atoms with E-state index >= 15 is 0 Å². The van der Waals surface area contributed by atoms with Crippen LogP contribution in [0.4, 0.5) is 11.4 Å². The molecule has 2 saturated heterocycles. The van der Waals surface area contributed by atoms with Crippen molar-refractivity contribution in [1.82, 2.24) is 0 Å². The number of non-ortho nitro benzene ring substituents is 2. The highest BCUT2D eigenvalue weighted by Gasteiger charge is 2.50. The molecule has 0 aliphatic carbocycles. The zero-order valence-electron chi connectivity index (χ0n) is 50.5. The highest BCUT2D eigenvalue weighted by Crippen LogP contribution is 2.51. The molecule has 7 aromatic rings. The summed E-state index contributed by atoms with van der Waals surface area (Å²) < 4.78 is 67.9. The van der Waals surface area contributed by atoms with Crippen molar-refractivity contribution < 1.29 is 127 Å². The lowest BCUT2D eigenvalue weighted by Crippen LogP contribution is -2.59. The van der Waals surface area contributed by atoms with Crippen LogP contribution in [0.2, 0.25) is 0 Å². The molecule has 0 saturated carbocycles. The number of rotatable bonds is 17. The summed E-state index contributed by atoms with van der Waals surface area (Å²) >= 11 is 0. The first-order valence-electron chi connectivity index (χ1n) is 29.7. The molecule has 30 nitrogen and oxygen atoms in total. The highest BCUT2D eigenvalue weighted by atomic mass is 16.7. The minimum atomic E-state index is -1.94. The first-order valence-corrected chi connectivity index (χ1v) is 29.7. The van der Waals surface area contributed by atoms with Gasteiger partial charge in [0, 0.05) is 51.6 Å². The summed E-state index contributed by atoms with van der Waals surface area (Å²) in [6.45, 7) is 2.66. The summed E-state index contributed by atoms with van der Waals surface area (Å²) in [7, 11) is 0. The molecular formula is C65H60N2O28. The lowest BCUT2D eigenvalue weighted by atomic mass is 9.87. The Labute approximate surface area is 536 Å². The van der Waals surface area contributed by atoms with Crippen LogP contribution in [-0.2, 0) is 72.9 Å². The Kier molecular flexibility index (Phi) is 18.2. The van der Waals surface area contributed by atoms with E-state index in [9.17, 15) is 80.3 Å². The Hall–Kier alpha value is -9.86. The van der Waals surface area contributed by atoms with Gasteiger partial charge in [-0.1, -0.05) is 19.1 Å². The number of aliphatic hydroxyl groups excluding tert-OH is 8. The fraction of sp³-hybridized carbons (Fsp3) is 0.354. The number of hydrogen-bond donors (Lipinski definition) is 8. The maximum absolute atomic E-state index is 13.4. The van der Waals surface area contributed by atoms with Crippen LogP contribution in [0.15, 0.2) is 78.9 Å². The van der Waals surface area contributed by atoms with Gasteiger partial charge in [0.05, 0.1) is 71.2 Å². The molecule has 8 N–H and O–H groups in total. The Morgan fingerprint density at radius 3 is 1.32 bits per heavy atom. The molecule has 0 bridgehead atoms. The Bertz CT molecular complexity index is 4260. The second-order valence-electron chi connectivity index (χ2n) is 22.8. The molecule has 2 unspecified atom stereocenters. The number of carbonyl (C=O) groups excluding carboxylic acids is 4. The summed E-state index contributed by atoms with van der Waals surface area (Å²) in [5.41, 5.74) is 2.33. The van der Waals surface area contributed by atoms with Gasteiger partial charge >= 0.3 is 23.9 Å². The molecule has 95 heavy (non-hydrogen) atoms. The minimum Gasteiger partial charge on any atom is -0.461 e. The highest BCUT2D eigenvalue weighted by molar-refractivity contribution is 6.15. The molecule has 0 radical (unpaired) electrons. The number of cyclic esters (lactones) is 2. The Morgan fingerprint density at radius 2 is 0.916 bits per heavy atom. The third kappa shape index (κ3) is 12.0. The van der Waals surface area contributed by atoms with Crippen molar-refractivity contribution in [3.63, 3.8) is 0 Å². The summed E-state index contributed by atoms with van der Waals surface area (Å²) in [6.07, 6.45) is -14.1. The molecular weight excluding hydrogens is 1260 g/mol. The lowest BCUT2D eigenvalue weighted by molar-refractivity contribution is -0.394. The van der Waals surface area contributed by atoms with E-state index in [4.69, 9.17) is 56.8 Å². The van der Waals surface area contributed by atoms with Gasteiger partial charge in [-0.15, -0.1) is 0 Å². The third-order valence-electron chi connectivity index (χ3n) is 17.0. The van der Waals surface area contributed by atoms with E-state index in [2.05, 4.69) is 0 Å². The predicted molar refractivity (Wildman–Crippen MR) is 321 cm³/mol. The van der Waals surface area contributed by atoms with E-state index in [0.29, 0.717) is 107 Å². The molecule has 0 spiro atoms. The molecule has 0 amide bonds. The summed E-state index contributed by atoms with van der Waals surface area (Å²) in [4.78, 5) is 73.0. The zero-order valence-corrected chi connectivity index (χ0v) is 50.5. The number of benzene rings is 7. The molecule has 10 atom stereocenters. The fourth-order valence-electron chi connectivity index (χ4n) is 12.2. The van der Waals surface area contributed by atoms with Crippen LogP contribution < -0.4 is 28.4 Å². The van der Waals surface area contributed by atoms with Crippen molar-refractivity contribution in [3.8, 4) is 56.8 Å². The van der Waals surface area contributed by atoms with E-state index in [0.717, 1.165) is 12.1 Å². The van der Waals surface area contributed by atoms with E-state index < -0.39 is 132 Å². The number of ether oxygens (including phenoxy) is 12. The van der Waals surface area contributed by atoms with E-state index in [-0.39, 0.29) is 68.0 Å². The maximum Gasteiger partial charge on any atom is 0.339 e. The number of fused-ring (bicyclic) bond motifs is 6. The second kappa shape index (κ2) is 26.5. The van der Waals surface area contributed by atoms with E-state index in [1.165, 1.54) is 13.0 Å². The van der Waals surface area contributed by atoms with Crippen LogP contribution in [0.25, 0.3) is 43.8 Å². The van der Waals surface area contributed by atoms with Crippen LogP contribution in [0.5, 0.6) is 34.5 Å². The van der Waals surface area contributed by atoms with E-state index in [1.54, 1.807) is 68.4 Å². The average Bonchev–Trinajstić information content (AvgIpc) is 1.72. The van der Waals surface area contributed by atoms with Gasteiger partial charge in [-0.25, -0.2) is 14.4 Å². The molecule has 2 fully saturated rings. The van der Waals surface area contributed by atoms with Gasteiger partial charge < -0.3 is 97.7 Å². The van der Waals surface area contributed by atoms with Crippen LogP contribution in [0, 0.1) is 20.2 Å². The maximum atomic E-state index is 13.4. The molecule has 0 aromatic heterocycles. The van der Waals surface area contributed by atoms with E-state index in [1.807, 2.05) is 0 Å². The van der Waals surface area contributed by atoms with Crippen LogP contribution in [-0.4, -0.2) is 150 Å². The first-order chi connectivity index (χ1) is 45.6. The molecule has 30 heteroatoms. The number of aliphatic hydroxyl groups is 8. The fourth-order valence-corrected chi connectivity index (χ4v) is 12.2. The average molecular weight is 1320 g/mol. The number of nitrogens with zero attached hydrogens (tertiary/aromatic N) is 2. The quantitative estimate of drug-likeness (QED) is 0.0250. The molecule has 6 aliphatic heterocycles. The minimum absolute atomic E-state index is 0.000682. The number of nitro groups is 2. The second-order valence-corrected chi connectivity index (χ2v) is 22.8. The van der Waals surface area contributed by atoms with Crippen molar-refractivity contribution in [2.75, 3.05) is 13.6 Å². The molecule has 13 rings (SSSR count). The van der Waals surface area contributed by atoms with Crippen LogP contribution in [0.1, 0.15) is 98.1 Å². The molecule has 7 aromatic carbocycles. The summed E-state index contributed by atoms with van der Waals surface area (Å²) in [6, 6.07) is 18.9. The van der Waals surface area contributed by atoms with Gasteiger partial charge in [-0.05, 0) is 113 Å². The monoisotopic (exact) mass is 1320 g/mol. The van der Waals surface area contributed by atoms with Gasteiger partial charge in [0.2, 0.25) is 26.2 Å². The van der Waals surface area contributed by atoms with Crippen LogP contribution >= 0.6 is 0 Å². The Balaban J connectivity index is 0.000000185. The smallest absolute Gasteiger partial charge is 0.339 e. The number of carbonyl (C=O) groups is 4. The topological polar surface area (TPSA) is 427 Å². The number of hydrogen-bond acceptors (Lipinski definition) is 28. The predicted octanol–water partition coefficient (Wildman–Crippen LogP) is 5.23. The standard InChI is InChI=1S/C34H28N2O16.C31H32O12/c1-14-28(39)31(51-32(41)16-4-19(35(43)44)9-20(5-16)36(45)46)29(40)34(50-14)52-30-22-7-18(11-38)17(10-37)6-21(22)26(27-23(30)12-47-33(27)42)15-2-3-24-25(8-15)49-13-48-24;1-3-4-23(34)42-29-26(35)14(2)41-31(27(29)36)43-28-19-8-17(11-33)16(10-32)7-18(19)24(25-20(28)12-38-30(25)37)15-5-6-21-22(9-15)40-13-39-21/h2-9,14,28-29,31,34,37-40H,10-13H2,1H3;5-9,14,26-27,29,31-33,35-36H,3-4,10-13H2,1-2H3/t14-,28-,29-,31+,34?;14-,26-,27-,29+,31?/m11/s1. The van der Waals surface area contributed by atoms with Gasteiger partial charge in [0.1, 0.15) is 36.9 Å². The molecule has 498 valence electrons. The summed E-state index contributed by atoms with van der Waals surface area (Å²) in [5, 5.41) is 109. The van der Waals surface area contributed by atoms with Crippen molar-refractivity contribution in [1.29, 1.82) is 0 Å². The van der Waals surface area contributed by atoms with Gasteiger partial charge in [-0.3, -0.25) is 25.0 Å². The van der Waals surface area contributed by atoms with Gasteiger partial charge in [-0.2, -0.15) is 0 Å². The number of nitro benzene ring substituents is 2. The van der Waals surface area contributed by atoms with Crippen molar-refractivity contribution in [3.05, 3.63) is 149 Å². The van der Waals surface area contributed by atoms with Crippen LogP contribution in [0.3, 0.4) is 0 Å². The first kappa shape index (κ1) is 65.2. The third-order valence-corrected chi connectivity index (χ3v) is 17.0. The van der Waals surface area contributed by atoms with Crippen molar-refractivity contribution in [2.24, 2.45) is 0 Å². The van der Waals surface area contributed by atoms with Crippen molar-refractivity contribution >= 4 is 56.8 Å². The summed E-state index contributed by atoms with van der Waals surface area (Å²) in [5.74, 6) is -1.14. The zero-order chi connectivity index (χ0) is 67.4. The van der Waals surface area contributed by atoms with Gasteiger partial charge in [0.25, 0.3) is 11.4 Å². The number of esters is 4. The molecule has 6 heterocycles. The normalized spacial score (nSPS) is 22.9.